The number of hydrogen-bond acceptors (Lipinski definition) is 3. The van der Waals surface area contributed by atoms with Gasteiger partial charge in [-0.3, -0.25) is 9.59 Å². The monoisotopic (exact) mass is 283 g/mol. The molecule has 1 aliphatic heterocycles. The van der Waals surface area contributed by atoms with Crippen molar-refractivity contribution in [3.63, 3.8) is 0 Å². The molecule has 2 aliphatic carbocycles. The predicted octanol–water partition coefficient (Wildman–Crippen LogP) is 2.32. The lowest BCUT2D eigenvalue weighted by atomic mass is 9.78. The Balaban J connectivity index is 1.57. The van der Waals surface area contributed by atoms with Gasteiger partial charge in [-0.15, -0.1) is 0 Å². The highest BCUT2D eigenvalue weighted by Crippen LogP contribution is 2.55. The van der Waals surface area contributed by atoms with Crippen molar-refractivity contribution in [1.29, 1.82) is 0 Å². The fourth-order valence-corrected chi connectivity index (χ4v) is 3.84. The second-order valence-corrected chi connectivity index (χ2v) is 6.87. The van der Waals surface area contributed by atoms with Gasteiger partial charge in [-0.05, 0) is 31.2 Å². The van der Waals surface area contributed by atoms with Crippen LogP contribution in [0.2, 0.25) is 0 Å². The van der Waals surface area contributed by atoms with Crippen LogP contribution in [0.3, 0.4) is 0 Å². The van der Waals surface area contributed by atoms with Crippen molar-refractivity contribution in [3.8, 4) is 0 Å². The molecule has 3 fully saturated rings. The quantitative estimate of drug-likeness (QED) is 0.844. The number of Topliss-reactive ketones (excluding diaryl/α,β-unsaturated/α-hetero) is 2. The summed E-state index contributed by atoms with van der Waals surface area (Å²) in [7, 11) is 0. The molecular weight excluding hydrogens is 262 g/mol. The Kier molecular flexibility index (Phi) is 3.00. The summed E-state index contributed by atoms with van der Waals surface area (Å²) in [6, 6.07) is 10.2. The first kappa shape index (κ1) is 13.2. The van der Waals surface area contributed by atoms with Crippen LogP contribution in [-0.4, -0.2) is 24.7 Å². The number of hydrogen-bond donors (Lipinski definition) is 1. The van der Waals surface area contributed by atoms with Gasteiger partial charge in [-0.2, -0.15) is 0 Å². The lowest BCUT2D eigenvalue weighted by Gasteiger charge is -2.22. The smallest absolute Gasteiger partial charge is 0.151 e. The van der Waals surface area contributed by atoms with Crippen molar-refractivity contribution in [2.24, 2.45) is 17.3 Å². The van der Waals surface area contributed by atoms with Crippen molar-refractivity contribution >= 4 is 11.6 Å². The molecule has 0 bridgehead atoms. The largest absolute Gasteiger partial charge is 0.315 e. The highest BCUT2D eigenvalue weighted by molar-refractivity contribution is 6.12. The summed E-state index contributed by atoms with van der Waals surface area (Å²) in [4.78, 5) is 25.5. The van der Waals surface area contributed by atoms with Crippen molar-refractivity contribution in [3.05, 3.63) is 35.9 Å². The zero-order valence-corrected chi connectivity index (χ0v) is 12.2. The molecule has 110 valence electrons. The highest BCUT2D eigenvalue weighted by Gasteiger charge is 2.61. The van der Waals surface area contributed by atoms with Crippen LogP contribution in [0, 0.1) is 17.3 Å². The molecule has 0 amide bonds. The molecule has 4 rings (SSSR count). The van der Waals surface area contributed by atoms with E-state index < -0.39 is 5.41 Å². The Morgan fingerprint density at radius 1 is 1.00 bits per heavy atom. The van der Waals surface area contributed by atoms with E-state index in [-0.39, 0.29) is 29.3 Å². The molecule has 3 nitrogen and oxygen atoms in total. The van der Waals surface area contributed by atoms with E-state index in [1.807, 2.05) is 18.2 Å². The Bertz CT molecular complexity index is 572. The number of carbonyl (C=O) groups excluding carboxylic acids is 2. The third kappa shape index (κ3) is 2.15. The standard InChI is InChI=1S/C18H21NO2/c20-16(13-6-7-13)18(8-9-18)17(21)15-11-19-10-14(15)12-4-2-1-3-5-12/h1-5,13-15,19H,6-11H2. The van der Waals surface area contributed by atoms with Gasteiger partial charge in [0.15, 0.2) is 5.78 Å². The SMILES string of the molecule is O=C(C1CC1)C1(C(=O)C2CNCC2c2ccccc2)CC1. The first-order chi connectivity index (χ1) is 10.2. The maximum Gasteiger partial charge on any atom is 0.151 e. The van der Waals surface area contributed by atoms with E-state index in [0.717, 1.165) is 38.8 Å². The average Bonchev–Trinajstić information content (AvgIpc) is 3.44. The zero-order valence-electron chi connectivity index (χ0n) is 12.2. The Labute approximate surface area is 125 Å². The van der Waals surface area contributed by atoms with E-state index in [0.29, 0.717) is 0 Å². The van der Waals surface area contributed by atoms with Crippen LogP contribution in [0.25, 0.3) is 0 Å². The number of ketones is 2. The van der Waals surface area contributed by atoms with E-state index in [2.05, 4.69) is 17.4 Å². The first-order valence-electron chi connectivity index (χ1n) is 8.07. The Morgan fingerprint density at radius 3 is 2.33 bits per heavy atom. The molecule has 0 radical (unpaired) electrons. The van der Waals surface area contributed by atoms with Gasteiger partial charge in [0.1, 0.15) is 5.78 Å². The molecule has 2 atom stereocenters. The van der Waals surface area contributed by atoms with E-state index in [1.54, 1.807) is 0 Å². The first-order valence-corrected chi connectivity index (χ1v) is 8.07. The summed E-state index contributed by atoms with van der Waals surface area (Å²) in [5.41, 5.74) is 0.626. The number of rotatable bonds is 5. The lowest BCUT2D eigenvalue weighted by Crippen LogP contribution is -2.35. The Hall–Kier alpha value is -1.48. The van der Waals surface area contributed by atoms with Gasteiger partial charge in [0.2, 0.25) is 0 Å². The maximum atomic E-state index is 13.0. The zero-order chi connectivity index (χ0) is 14.4. The van der Waals surface area contributed by atoms with Gasteiger partial charge >= 0.3 is 0 Å². The number of nitrogens with one attached hydrogen (secondary N) is 1. The molecule has 0 aromatic heterocycles. The van der Waals surface area contributed by atoms with Gasteiger partial charge in [-0.25, -0.2) is 0 Å². The van der Waals surface area contributed by atoms with Crippen LogP contribution < -0.4 is 5.32 Å². The lowest BCUT2D eigenvalue weighted by molar-refractivity contribution is -0.137. The molecule has 2 unspecified atom stereocenters. The van der Waals surface area contributed by atoms with Crippen molar-refractivity contribution in [2.75, 3.05) is 13.1 Å². The molecule has 3 heteroatoms. The molecule has 1 aromatic rings. The minimum atomic E-state index is -0.592. The van der Waals surface area contributed by atoms with Gasteiger partial charge in [-0.1, -0.05) is 30.3 Å². The average molecular weight is 283 g/mol. The van der Waals surface area contributed by atoms with E-state index >= 15 is 0 Å². The summed E-state index contributed by atoms with van der Waals surface area (Å²) in [5.74, 6) is 0.867. The van der Waals surface area contributed by atoms with E-state index in [4.69, 9.17) is 0 Å². The summed E-state index contributed by atoms with van der Waals surface area (Å²) in [6.45, 7) is 1.56. The molecular formula is C18H21NO2. The molecule has 2 saturated carbocycles. The molecule has 0 spiro atoms. The maximum absolute atomic E-state index is 13.0. The third-order valence-electron chi connectivity index (χ3n) is 5.42. The summed E-state index contributed by atoms with van der Waals surface area (Å²) in [6.07, 6.45) is 3.58. The second kappa shape index (κ2) is 4.77. The molecule has 1 saturated heterocycles. The Morgan fingerprint density at radius 2 is 1.71 bits per heavy atom. The number of benzene rings is 1. The van der Waals surface area contributed by atoms with Crippen molar-refractivity contribution in [1.82, 2.24) is 5.32 Å². The molecule has 1 N–H and O–H groups in total. The third-order valence-corrected chi connectivity index (χ3v) is 5.42. The summed E-state index contributed by atoms with van der Waals surface area (Å²) >= 11 is 0. The highest BCUT2D eigenvalue weighted by atomic mass is 16.2. The van der Waals surface area contributed by atoms with Crippen LogP contribution >= 0.6 is 0 Å². The van der Waals surface area contributed by atoms with E-state index in [1.165, 1.54) is 5.56 Å². The molecule has 21 heavy (non-hydrogen) atoms. The fourth-order valence-electron chi connectivity index (χ4n) is 3.84. The van der Waals surface area contributed by atoms with Crippen LogP contribution in [0.1, 0.15) is 37.2 Å². The normalized spacial score (nSPS) is 30.1. The molecule has 1 aromatic carbocycles. The van der Waals surface area contributed by atoms with Crippen LogP contribution in [0.15, 0.2) is 30.3 Å². The van der Waals surface area contributed by atoms with E-state index in [9.17, 15) is 9.59 Å². The van der Waals surface area contributed by atoms with Crippen molar-refractivity contribution < 1.29 is 9.59 Å². The van der Waals surface area contributed by atoms with Gasteiger partial charge in [0.25, 0.3) is 0 Å². The summed E-state index contributed by atoms with van der Waals surface area (Å²) in [5, 5.41) is 3.35. The molecule has 1 heterocycles. The minimum absolute atomic E-state index is 0.0300. The van der Waals surface area contributed by atoms with Crippen LogP contribution in [-0.2, 0) is 9.59 Å². The summed E-state index contributed by atoms with van der Waals surface area (Å²) < 4.78 is 0. The van der Waals surface area contributed by atoms with Gasteiger partial charge in [0, 0.05) is 30.8 Å². The molecule has 3 aliphatic rings. The number of carbonyl (C=O) groups is 2. The van der Waals surface area contributed by atoms with Crippen LogP contribution in [0.4, 0.5) is 0 Å². The topological polar surface area (TPSA) is 46.2 Å². The van der Waals surface area contributed by atoms with Gasteiger partial charge < -0.3 is 5.32 Å². The van der Waals surface area contributed by atoms with Gasteiger partial charge in [0.05, 0.1) is 5.41 Å². The van der Waals surface area contributed by atoms with Crippen molar-refractivity contribution in [2.45, 2.75) is 31.6 Å². The minimum Gasteiger partial charge on any atom is -0.315 e. The van der Waals surface area contributed by atoms with Crippen LogP contribution in [0.5, 0.6) is 0 Å². The fraction of sp³-hybridized carbons (Fsp3) is 0.556. The predicted molar refractivity (Wildman–Crippen MR) is 79.9 cm³/mol. The second-order valence-electron chi connectivity index (χ2n) is 6.87.